The lowest BCUT2D eigenvalue weighted by Crippen LogP contribution is -2.33. The number of hydrogen-bond donors (Lipinski definition) is 3. The monoisotopic (exact) mass is 478 g/mol. The third kappa shape index (κ3) is 2.98. The highest BCUT2D eigenvalue weighted by Crippen LogP contribution is 2.58. The molecule has 7 rings (SSSR count). The van der Waals surface area contributed by atoms with Gasteiger partial charge in [0, 0.05) is 34.1 Å². The molecule has 0 amide bonds. The number of aromatic hydroxyl groups is 2. The Bertz CT molecular complexity index is 1600. The van der Waals surface area contributed by atoms with Gasteiger partial charge in [0.25, 0.3) is 0 Å². The van der Waals surface area contributed by atoms with Crippen LogP contribution in [0, 0.1) is 0 Å². The number of carbonyl (C=O) groups excluding carboxylic acids is 1. The van der Waals surface area contributed by atoms with Crippen molar-refractivity contribution in [1.82, 2.24) is 0 Å². The molecule has 2 aliphatic heterocycles. The van der Waals surface area contributed by atoms with Gasteiger partial charge in [0.2, 0.25) is 0 Å². The third-order valence-electron chi connectivity index (χ3n) is 6.64. The third-order valence-corrected chi connectivity index (χ3v) is 6.64. The van der Waals surface area contributed by atoms with E-state index in [0.717, 1.165) is 38.2 Å². The van der Waals surface area contributed by atoms with Crippen LogP contribution in [0.1, 0.15) is 34.0 Å². The van der Waals surface area contributed by atoms with Crippen molar-refractivity contribution in [3.05, 3.63) is 107 Å². The molecule has 2 heterocycles. The lowest BCUT2D eigenvalue weighted by atomic mass is 9.76. The molecular weight excluding hydrogens is 456 g/mol. The summed E-state index contributed by atoms with van der Waals surface area (Å²) in [7, 11) is 0. The SMILES string of the molecule is CCO.O=C1OC2(c3ccccc31)c1ccc3cc(O)ccc3c1Oc1c2ccc2cc(O)ccc12. The maximum Gasteiger partial charge on any atom is 0.340 e. The molecule has 5 aromatic carbocycles. The minimum atomic E-state index is -1.17. The van der Waals surface area contributed by atoms with Gasteiger partial charge >= 0.3 is 5.97 Å². The largest absolute Gasteiger partial charge is 0.508 e. The second-order valence-electron chi connectivity index (χ2n) is 8.73. The minimum Gasteiger partial charge on any atom is -0.508 e. The van der Waals surface area contributed by atoms with Gasteiger partial charge in [0.05, 0.1) is 5.56 Å². The summed E-state index contributed by atoms with van der Waals surface area (Å²) in [6.07, 6.45) is 0. The molecule has 0 bridgehead atoms. The summed E-state index contributed by atoms with van der Waals surface area (Å²) in [6, 6.07) is 25.2. The molecule has 0 unspecified atom stereocenters. The van der Waals surface area contributed by atoms with Crippen molar-refractivity contribution in [1.29, 1.82) is 0 Å². The first-order valence-corrected chi connectivity index (χ1v) is 11.6. The van der Waals surface area contributed by atoms with Crippen LogP contribution in [0.4, 0.5) is 0 Å². The second-order valence-corrected chi connectivity index (χ2v) is 8.73. The van der Waals surface area contributed by atoms with Gasteiger partial charge in [-0.25, -0.2) is 4.79 Å². The van der Waals surface area contributed by atoms with Gasteiger partial charge in [-0.3, -0.25) is 0 Å². The number of fused-ring (bicyclic) bond motifs is 10. The molecule has 1 spiro atoms. The Morgan fingerprint density at radius 1 is 0.722 bits per heavy atom. The Balaban J connectivity index is 0.000000765. The van der Waals surface area contributed by atoms with Gasteiger partial charge in [-0.1, -0.05) is 30.3 Å². The number of benzene rings is 5. The number of hydrogen-bond acceptors (Lipinski definition) is 6. The molecule has 178 valence electrons. The topological polar surface area (TPSA) is 96.2 Å². The van der Waals surface area contributed by atoms with Crippen molar-refractivity contribution in [2.75, 3.05) is 6.61 Å². The maximum atomic E-state index is 13.0. The van der Waals surface area contributed by atoms with Gasteiger partial charge in [-0.05, 0) is 72.3 Å². The predicted octanol–water partition coefficient (Wildman–Crippen LogP) is 5.97. The first-order valence-electron chi connectivity index (χ1n) is 11.6. The molecule has 6 heteroatoms. The average Bonchev–Trinajstić information content (AvgIpc) is 3.17. The average molecular weight is 479 g/mol. The van der Waals surface area contributed by atoms with E-state index in [2.05, 4.69) is 0 Å². The fourth-order valence-corrected chi connectivity index (χ4v) is 5.22. The number of phenolic OH excluding ortho intramolecular Hbond substituents is 2. The molecule has 0 saturated heterocycles. The van der Waals surface area contributed by atoms with E-state index in [1.54, 1.807) is 37.3 Å². The zero-order valence-corrected chi connectivity index (χ0v) is 19.4. The van der Waals surface area contributed by atoms with E-state index >= 15 is 0 Å². The van der Waals surface area contributed by atoms with E-state index in [9.17, 15) is 15.0 Å². The maximum absolute atomic E-state index is 13.0. The molecule has 0 fully saturated rings. The van der Waals surface area contributed by atoms with Crippen LogP contribution in [-0.4, -0.2) is 27.9 Å². The van der Waals surface area contributed by atoms with Crippen LogP contribution in [0.15, 0.2) is 84.9 Å². The molecule has 0 radical (unpaired) electrons. The Morgan fingerprint density at radius 2 is 1.25 bits per heavy atom. The molecule has 2 aliphatic rings. The van der Waals surface area contributed by atoms with Crippen molar-refractivity contribution in [2.24, 2.45) is 0 Å². The summed E-state index contributed by atoms with van der Waals surface area (Å²) in [5.74, 6) is 1.08. The highest BCUT2D eigenvalue weighted by molar-refractivity contribution is 6.01. The lowest BCUT2D eigenvalue weighted by molar-refractivity contribution is 0.0226. The van der Waals surface area contributed by atoms with Crippen LogP contribution in [0.3, 0.4) is 0 Å². The normalized spacial score (nSPS) is 14.3. The van der Waals surface area contributed by atoms with Crippen LogP contribution in [0.5, 0.6) is 23.0 Å². The standard InChI is InChI=1S/C28H16O5.C2H6O/c29-17-7-9-19-15(13-17)5-11-23-25(19)32-26-20-10-8-18(30)14-16(20)6-12-24(26)28(23)22-4-2-1-3-21(22)27(31)33-28;1-2-3/h1-14,29-30H;3H,2H2,1H3. The number of carbonyl (C=O) groups is 1. The van der Waals surface area contributed by atoms with Crippen molar-refractivity contribution in [2.45, 2.75) is 12.5 Å². The number of esters is 1. The van der Waals surface area contributed by atoms with Gasteiger partial charge in [0.1, 0.15) is 23.0 Å². The van der Waals surface area contributed by atoms with Crippen LogP contribution < -0.4 is 4.74 Å². The fraction of sp³-hybridized carbons (Fsp3) is 0.100. The van der Waals surface area contributed by atoms with Crippen LogP contribution in [0.2, 0.25) is 0 Å². The molecule has 0 aromatic heterocycles. The van der Waals surface area contributed by atoms with E-state index < -0.39 is 5.60 Å². The Kier molecular flexibility index (Phi) is 4.88. The molecule has 3 N–H and O–H groups in total. The lowest BCUT2D eigenvalue weighted by Gasteiger charge is -2.37. The van der Waals surface area contributed by atoms with E-state index in [0.29, 0.717) is 17.1 Å². The minimum absolute atomic E-state index is 0.159. The molecule has 6 nitrogen and oxygen atoms in total. The summed E-state index contributed by atoms with van der Waals surface area (Å²) in [6.45, 7) is 1.93. The molecule has 36 heavy (non-hydrogen) atoms. The molecular formula is C30H22O6. The Morgan fingerprint density at radius 3 is 1.81 bits per heavy atom. The number of ether oxygens (including phenoxy) is 2. The second kappa shape index (κ2) is 8.00. The van der Waals surface area contributed by atoms with Crippen LogP contribution in [0.25, 0.3) is 21.5 Å². The summed E-state index contributed by atoms with van der Waals surface area (Å²) >= 11 is 0. The quantitative estimate of drug-likeness (QED) is 0.237. The smallest absolute Gasteiger partial charge is 0.340 e. The van der Waals surface area contributed by atoms with E-state index in [-0.39, 0.29) is 24.1 Å². The summed E-state index contributed by atoms with van der Waals surface area (Å²) in [5.41, 5.74) is 1.56. The van der Waals surface area contributed by atoms with Gasteiger partial charge in [-0.15, -0.1) is 0 Å². The fourth-order valence-electron chi connectivity index (χ4n) is 5.22. The van der Waals surface area contributed by atoms with Crippen molar-refractivity contribution >= 4 is 27.5 Å². The van der Waals surface area contributed by atoms with Crippen molar-refractivity contribution < 1.29 is 29.6 Å². The van der Waals surface area contributed by atoms with Crippen molar-refractivity contribution in [3.63, 3.8) is 0 Å². The zero-order chi connectivity index (χ0) is 25.0. The predicted molar refractivity (Wildman–Crippen MR) is 136 cm³/mol. The Labute approximate surface area is 206 Å². The van der Waals surface area contributed by atoms with E-state index in [1.807, 2.05) is 54.6 Å². The molecule has 0 aliphatic carbocycles. The summed E-state index contributed by atoms with van der Waals surface area (Å²) in [5, 5.41) is 30.8. The highest BCUT2D eigenvalue weighted by atomic mass is 16.6. The first-order chi connectivity index (χ1) is 17.5. The number of rotatable bonds is 0. The number of aliphatic hydroxyl groups excluding tert-OH is 1. The van der Waals surface area contributed by atoms with Gasteiger partial charge in [-0.2, -0.15) is 0 Å². The summed E-state index contributed by atoms with van der Waals surface area (Å²) < 4.78 is 12.8. The van der Waals surface area contributed by atoms with Gasteiger partial charge < -0.3 is 24.8 Å². The first kappa shape index (κ1) is 21.9. The number of phenols is 2. The van der Waals surface area contributed by atoms with Crippen LogP contribution >= 0.6 is 0 Å². The van der Waals surface area contributed by atoms with Crippen LogP contribution in [-0.2, 0) is 10.3 Å². The van der Waals surface area contributed by atoms with Gasteiger partial charge in [0.15, 0.2) is 5.60 Å². The van der Waals surface area contributed by atoms with E-state index in [4.69, 9.17) is 14.6 Å². The van der Waals surface area contributed by atoms with Crippen molar-refractivity contribution in [3.8, 4) is 23.0 Å². The zero-order valence-electron chi connectivity index (χ0n) is 19.4. The molecule has 0 saturated carbocycles. The molecule has 5 aromatic rings. The highest BCUT2D eigenvalue weighted by Gasteiger charge is 2.54. The van der Waals surface area contributed by atoms with E-state index in [1.165, 1.54) is 0 Å². The Hall–Kier alpha value is -4.55. The summed E-state index contributed by atoms with van der Waals surface area (Å²) in [4.78, 5) is 13.0. The molecule has 0 atom stereocenters. The number of aliphatic hydroxyl groups is 1.